The molecule has 1 fully saturated rings. The van der Waals surface area contributed by atoms with Crippen molar-refractivity contribution in [1.29, 1.82) is 0 Å². The highest BCUT2D eigenvalue weighted by atomic mass is 32.1. The molecule has 3 rings (SSSR count). The zero-order valence-electron chi connectivity index (χ0n) is 14.8. The van der Waals surface area contributed by atoms with Gasteiger partial charge in [0.25, 0.3) is 0 Å². The third-order valence-electron chi connectivity index (χ3n) is 4.15. The highest BCUT2D eigenvalue weighted by Gasteiger charge is 2.29. The van der Waals surface area contributed by atoms with Crippen molar-refractivity contribution in [3.05, 3.63) is 18.2 Å². The van der Waals surface area contributed by atoms with Crippen molar-refractivity contribution in [3.8, 4) is 5.75 Å². The van der Waals surface area contributed by atoms with Crippen molar-refractivity contribution in [1.82, 2.24) is 10.3 Å². The summed E-state index contributed by atoms with van der Waals surface area (Å²) in [5, 5.41) is 4.10. The Kier molecular flexibility index (Phi) is 4.67. The van der Waals surface area contributed by atoms with Crippen LogP contribution >= 0.6 is 11.3 Å². The summed E-state index contributed by atoms with van der Waals surface area (Å²) in [5.41, 5.74) is 0.795. The molecular formula is C18H25N3O2S. The van der Waals surface area contributed by atoms with E-state index in [1.54, 1.807) is 18.4 Å². The summed E-state index contributed by atoms with van der Waals surface area (Å²) >= 11 is 1.66. The number of carbonyl (C=O) groups is 1. The predicted molar refractivity (Wildman–Crippen MR) is 99.0 cm³/mol. The molecule has 0 spiro atoms. The second-order valence-corrected chi connectivity index (χ2v) is 8.36. The Morgan fingerprint density at radius 1 is 1.42 bits per heavy atom. The van der Waals surface area contributed by atoms with Crippen LogP contribution in [0.1, 0.15) is 33.6 Å². The van der Waals surface area contributed by atoms with Gasteiger partial charge in [-0.05, 0) is 51.8 Å². The summed E-state index contributed by atoms with van der Waals surface area (Å²) in [6, 6.07) is 5.94. The lowest BCUT2D eigenvalue weighted by Gasteiger charge is -2.33. The summed E-state index contributed by atoms with van der Waals surface area (Å²) in [6.07, 6.45) is 1.96. The number of aromatic nitrogens is 1. The third-order valence-corrected chi connectivity index (χ3v) is 5.22. The lowest BCUT2D eigenvalue weighted by atomic mass is 9.96. The van der Waals surface area contributed by atoms with E-state index < -0.39 is 0 Å². The number of anilines is 1. The Labute approximate surface area is 147 Å². The molecule has 1 atom stereocenters. The lowest BCUT2D eigenvalue weighted by Crippen LogP contribution is -2.48. The Balaban J connectivity index is 1.76. The van der Waals surface area contributed by atoms with Crippen LogP contribution in [0.2, 0.25) is 0 Å². The average Bonchev–Trinajstić information content (AvgIpc) is 2.96. The van der Waals surface area contributed by atoms with Gasteiger partial charge in [0.2, 0.25) is 5.91 Å². The number of rotatable bonds is 3. The standard InChI is InChI=1S/C18H25N3O2S/c1-18(2,3)20-16(22)12-6-5-9-21(11-12)17-19-14-8-7-13(23-4)10-15(14)24-17/h7-8,10,12H,5-6,9,11H2,1-4H3,(H,20,22). The lowest BCUT2D eigenvalue weighted by molar-refractivity contribution is -0.126. The van der Waals surface area contributed by atoms with E-state index in [0.717, 1.165) is 47.0 Å². The van der Waals surface area contributed by atoms with E-state index in [9.17, 15) is 4.79 Å². The maximum Gasteiger partial charge on any atom is 0.225 e. The monoisotopic (exact) mass is 347 g/mol. The fourth-order valence-electron chi connectivity index (χ4n) is 2.99. The number of nitrogens with zero attached hydrogens (tertiary/aromatic N) is 2. The van der Waals surface area contributed by atoms with Crippen LogP contribution in [0.3, 0.4) is 0 Å². The number of methoxy groups -OCH3 is 1. The molecule has 1 unspecified atom stereocenters. The summed E-state index contributed by atoms with van der Waals surface area (Å²) < 4.78 is 6.40. The van der Waals surface area contributed by atoms with E-state index in [-0.39, 0.29) is 17.4 Å². The summed E-state index contributed by atoms with van der Waals surface area (Å²) in [7, 11) is 1.67. The van der Waals surface area contributed by atoms with E-state index >= 15 is 0 Å². The topological polar surface area (TPSA) is 54.5 Å². The first-order valence-electron chi connectivity index (χ1n) is 8.37. The molecule has 130 valence electrons. The van der Waals surface area contributed by atoms with Crippen molar-refractivity contribution in [2.75, 3.05) is 25.1 Å². The van der Waals surface area contributed by atoms with Gasteiger partial charge >= 0.3 is 0 Å². The number of fused-ring (bicyclic) bond motifs is 1. The molecule has 1 aromatic carbocycles. The molecule has 2 heterocycles. The average molecular weight is 347 g/mol. The summed E-state index contributed by atoms with van der Waals surface area (Å²) in [5.74, 6) is 1.02. The van der Waals surface area contributed by atoms with Crippen LogP contribution in [-0.4, -0.2) is 36.6 Å². The molecule has 6 heteroatoms. The van der Waals surface area contributed by atoms with Gasteiger partial charge in [-0.3, -0.25) is 4.79 Å². The van der Waals surface area contributed by atoms with Crippen molar-refractivity contribution >= 4 is 32.6 Å². The van der Waals surface area contributed by atoms with Gasteiger partial charge in [-0.15, -0.1) is 0 Å². The number of carbonyl (C=O) groups excluding carboxylic acids is 1. The van der Waals surface area contributed by atoms with Crippen LogP contribution < -0.4 is 15.0 Å². The smallest absolute Gasteiger partial charge is 0.225 e. The number of hydrogen-bond donors (Lipinski definition) is 1. The second-order valence-electron chi connectivity index (χ2n) is 7.35. The number of piperidine rings is 1. The Bertz CT molecular complexity index is 735. The molecule has 1 aromatic heterocycles. The SMILES string of the molecule is COc1ccc2nc(N3CCCC(C(=O)NC(C)(C)C)C3)sc2c1. The van der Waals surface area contributed by atoms with Gasteiger partial charge in [-0.1, -0.05) is 11.3 Å². The molecule has 0 saturated carbocycles. The van der Waals surface area contributed by atoms with Gasteiger partial charge in [0.05, 0.1) is 23.2 Å². The largest absolute Gasteiger partial charge is 0.497 e. The molecule has 1 N–H and O–H groups in total. The minimum Gasteiger partial charge on any atom is -0.497 e. The normalized spacial score (nSPS) is 18.7. The maximum atomic E-state index is 12.5. The van der Waals surface area contributed by atoms with Crippen LogP contribution in [0.25, 0.3) is 10.2 Å². The first-order chi connectivity index (χ1) is 11.4. The molecule has 2 aromatic rings. The Hall–Kier alpha value is -1.82. The van der Waals surface area contributed by atoms with Crippen LogP contribution in [-0.2, 0) is 4.79 Å². The number of benzene rings is 1. The van der Waals surface area contributed by atoms with Crippen LogP contribution in [0.4, 0.5) is 5.13 Å². The molecule has 1 amide bonds. The maximum absolute atomic E-state index is 12.5. The first-order valence-corrected chi connectivity index (χ1v) is 9.19. The zero-order chi connectivity index (χ0) is 17.3. The molecule has 0 aliphatic carbocycles. The predicted octanol–water partition coefficient (Wildman–Crippen LogP) is 3.44. The van der Waals surface area contributed by atoms with Crippen LogP contribution in [0.5, 0.6) is 5.75 Å². The number of ether oxygens (including phenoxy) is 1. The fraction of sp³-hybridized carbons (Fsp3) is 0.556. The summed E-state index contributed by atoms with van der Waals surface area (Å²) in [6.45, 7) is 7.75. The van der Waals surface area contributed by atoms with Crippen LogP contribution in [0, 0.1) is 5.92 Å². The van der Waals surface area contributed by atoms with Gasteiger partial charge in [0.15, 0.2) is 5.13 Å². The molecule has 0 bridgehead atoms. The molecular weight excluding hydrogens is 322 g/mol. The highest BCUT2D eigenvalue weighted by molar-refractivity contribution is 7.22. The quantitative estimate of drug-likeness (QED) is 0.924. The van der Waals surface area contributed by atoms with E-state index in [1.165, 1.54) is 0 Å². The summed E-state index contributed by atoms with van der Waals surface area (Å²) in [4.78, 5) is 19.5. The van der Waals surface area contributed by atoms with Crippen LogP contribution in [0.15, 0.2) is 18.2 Å². The number of thiazole rings is 1. The number of nitrogens with one attached hydrogen (secondary N) is 1. The van der Waals surface area contributed by atoms with Gasteiger partial charge in [0, 0.05) is 18.6 Å². The van der Waals surface area contributed by atoms with Gasteiger partial charge in [0.1, 0.15) is 5.75 Å². The molecule has 24 heavy (non-hydrogen) atoms. The van der Waals surface area contributed by atoms with E-state index in [1.807, 2.05) is 39.0 Å². The van der Waals surface area contributed by atoms with Crippen molar-refractivity contribution in [2.45, 2.75) is 39.2 Å². The fourth-order valence-corrected chi connectivity index (χ4v) is 4.02. The molecule has 5 nitrogen and oxygen atoms in total. The van der Waals surface area contributed by atoms with E-state index in [2.05, 4.69) is 10.2 Å². The number of hydrogen-bond acceptors (Lipinski definition) is 5. The van der Waals surface area contributed by atoms with Gasteiger partial charge in [-0.25, -0.2) is 4.98 Å². The molecule has 1 aliphatic rings. The first kappa shape index (κ1) is 17.0. The molecule has 1 saturated heterocycles. The second kappa shape index (κ2) is 6.59. The third kappa shape index (κ3) is 3.80. The zero-order valence-corrected chi connectivity index (χ0v) is 15.6. The Morgan fingerprint density at radius 3 is 2.92 bits per heavy atom. The minimum absolute atomic E-state index is 0.0273. The highest BCUT2D eigenvalue weighted by Crippen LogP contribution is 2.33. The Morgan fingerprint density at radius 2 is 2.21 bits per heavy atom. The van der Waals surface area contributed by atoms with Crippen molar-refractivity contribution in [3.63, 3.8) is 0 Å². The minimum atomic E-state index is -0.189. The van der Waals surface area contributed by atoms with Crippen molar-refractivity contribution < 1.29 is 9.53 Å². The number of amides is 1. The van der Waals surface area contributed by atoms with Crippen molar-refractivity contribution in [2.24, 2.45) is 5.92 Å². The van der Waals surface area contributed by atoms with E-state index in [0.29, 0.717) is 0 Å². The molecule has 1 aliphatic heterocycles. The molecule has 0 radical (unpaired) electrons. The van der Waals surface area contributed by atoms with E-state index in [4.69, 9.17) is 9.72 Å². The van der Waals surface area contributed by atoms with Gasteiger partial charge < -0.3 is 15.0 Å². The van der Waals surface area contributed by atoms with Gasteiger partial charge in [-0.2, -0.15) is 0 Å².